The number of halogens is 3. The van der Waals surface area contributed by atoms with Crippen molar-refractivity contribution < 1.29 is 32.5 Å². The number of nitrogens with one attached hydrogen (secondary N) is 1. The lowest BCUT2D eigenvalue weighted by molar-refractivity contribution is -0.137. The topological polar surface area (TPSA) is 118 Å². The highest BCUT2D eigenvalue weighted by Crippen LogP contribution is 2.61. The molecule has 1 aromatic carbocycles. The smallest absolute Gasteiger partial charge is 0.312 e. The summed E-state index contributed by atoms with van der Waals surface area (Å²) in [6.07, 6.45) is 2.34. The van der Waals surface area contributed by atoms with E-state index in [1.807, 2.05) is 13.0 Å². The number of hydrogen-bond acceptors (Lipinski definition) is 6. The Morgan fingerprint density at radius 2 is 1.97 bits per heavy atom. The van der Waals surface area contributed by atoms with E-state index in [0.717, 1.165) is 18.4 Å². The van der Waals surface area contributed by atoms with E-state index in [1.54, 1.807) is 12.1 Å². The fourth-order valence-electron chi connectivity index (χ4n) is 4.66. The Morgan fingerprint density at radius 3 is 2.61 bits per heavy atom. The van der Waals surface area contributed by atoms with Crippen molar-refractivity contribution >= 4 is 29.2 Å². The van der Waals surface area contributed by atoms with E-state index in [0.29, 0.717) is 34.8 Å². The number of carboxylic acid groups (broad SMARTS) is 1. The van der Waals surface area contributed by atoms with E-state index in [4.69, 9.17) is 20.6 Å². The Bertz CT molecular complexity index is 1380. The van der Waals surface area contributed by atoms with Gasteiger partial charge in [0.2, 0.25) is 11.7 Å². The van der Waals surface area contributed by atoms with E-state index in [1.165, 1.54) is 13.0 Å². The first-order valence-electron chi connectivity index (χ1n) is 12.6. The van der Waals surface area contributed by atoms with E-state index in [-0.39, 0.29) is 42.5 Å². The number of rotatable bonds is 11. The van der Waals surface area contributed by atoms with Crippen LogP contribution in [0, 0.1) is 12.3 Å². The number of anilines is 1. The molecule has 5 rings (SSSR count). The number of aliphatic carboxylic acids is 1. The van der Waals surface area contributed by atoms with Gasteiger partial charge in [0.15, 0.2) is 11.5 Å². The van der Waals surface area contributed by atoms with Gasteiger partial charge in [-0.15, -0.1) is 0 Å². The van der Waals surface area contributed by atoms with Gasteiger partial charge in [0.1, 0.15) is 0 Å². The van der Waals surface area contributed by atoms with Crippen molar-refractivity contribution in [3.63, 3.8) is 0 Å². The average Bonchev–Trinajstić information content (AvgIpc) is 3.74. The summed E-state index contributed by atoms with van der Waals surface area (Å²) in [6, 6.07) is 6.44. The molecule has 0 unspecified atom stereocenters. The quantitative estimate of drug-likeness (QED) is 0.264. The van der Waals surface area contributed by atoms with E-state index >= 15 is 0 Å². The van der Waals surface area contributed by atoms with Crippen molar-refractivity contribution in [1.29, 1.82) is 0 Å². The van der Waals surface area contributed by atoms with Gasteiger partial charge < -0.3 is 19.5 Å². The van der Waals surface area contributed by atoms with Gasteiger partial charge in [0, 0.05) is 35.8 Å². The standard InChI is InChI=1S/C27H28ClF2N3O5/c1-14-3-7-18(17(28)11-14)31-21(34)12-16(6-8-22(35)36)24-23(15-4-5-15)25(38-33-24)19-13-20(37-32-19)27(29,30)26(2)9-10-26/h3,7,11,13,15-16H,4-6,8-10,12H2,1-2H3,(H,31,34)(H,35,36)/t16-/m0/s1. The number of carbonyl (C=O) groups excluding carboxylic acids is 1. The van der Waals surface area contributed by atoms with Crippen LogP contribution in [-0.4, -0.2) is 27.3 Å². The van der Waals surface area contributed by atoms with Crippen LogP contribution in [0.25, 0.3) is 11.5 Å². The summed E-state index contributed by atoms with van der Waals surface area (Å²) < 4.78 is 40.5. The Morgan fingerprint density at radius 1 is 1.24 bits per heavy atom. The van der Waals surface area contributed by atoms with Crippen LogP contribution >= 0.6 is 11.6 Å². The van der Waals surface area contributed by atoms with E-state index in [2.05, 4.69) is 15.6 Å². The van der Waals surface area contributed by atoms with Gasteiger partial charge in [-0.2, -0.15) is 8.78 Å². The van der Waals surface area contributed by atoms with Crippen molar-refractivity contribution in [2.45, 2.75) is 76.6 Å². The van der Waals surface area contributed by atoms with Crippen LogP contribution < -0.4 is 5.32 Å². The Kier molecular flexibility index (Phi) is 6.79. The average molecular weight is 548 g/mol. The lowest BCUT2D eigenvalue weighted by atomic mass is 9.90. The van der Waals surface area contributed by atoms with Gasteiger partial charge in [-0.05, 0) is 62.6 Å². The normalized spacial score (nSPS) is 17.3. The number of hydrogen-bond donors (Lipinski definition) is 2. The number of aryl methyl sites for hydroxylation is 1. The highest BCUT2D eigenvalue weighted by molar-refractivity contribution is 6.33. The second-order valence-electron chi connectivity index (χ2n) is 10.7. The van der Waals surface area contributed by atoms with Gasteiger partial charge in [-0.3, -0.25) is 9.59 Å². The molecule has 2 N–H and O–H groups in total. The number of benzene rings is 1. The lowest BCUT2D eigenvalue weighted by Crippen LogP contribution is -2.24. The predicted molar refractivity (Wildman–Crippen MR) is 134 cm³/mol. The summed E-state index contributed by atoms with van der Waals surface area (Å²) in [6.45, 7) is 3.39. The molecule has 2 aliphatic rings. The van der Waals surface area contributed by atoms with Crippen LogP contribution in [0.15, 0.2) is 33.3 Å². The maximum Gasteiger partial charge on any atom is 0.312 e. The van der Waals surface area contributed by atoms with Crippen LogP contribution in [-0.2, 0) is 15.5 Å². The Balaban J connectivity index is 1.43. The zero-order chi connectivity index (χ0) is 27.2. The molecule has 0 radical (unpaired) electrons. The number of aromatic nitrogens is 2. The number of nitrogens with zero attached hydrogens (tertiary/aromatic N) is 2. The van der Waals surface area contributed by atoms with Crippen molar-refractivity contribution in [3.8, 4) is 11.5 Å². The second-order valence-corrected chi connectivity index (χ2v) is 11.1. The van der Waals surface area contributed by atoms with Gasteiger partial charge in [-0.1, -0.05) is 34.9 Å². The minimum Gasteiger partial charge on any atom is -0.481 e. The third kappa shape index (κ3) is 5.18. The molecule has 0 spiro atoms. The Hall–Kier alpha value is -3.27. The van der Waals surface area contributed by atoms with Crippen LogP contribution in [0.3, 0.4) is 0 Å². The van der Waals surface area contributed by atoms with Gasteiger partial charge in [0.25, 0.3) is 0 Å². The van der Waals surface area contributed by atoms with E-state index in [9.17, 15) is 23.5 Å². The summed E-state index contributed by atoms with van der Waals surface area (Å²) in [4.78, 5) is 24.4. The van der Waals surface area contributed by atoms with Crippen LogP contribution in [0.2, 0.25) is 5.02 Å². The van der Waals surface area contributed by atoms with Gasteiger partial charge in [0.05, 0.1) is 16.4 Å². The molecule has 2 aromatic heterocycles. The van der Waals surface area contributed by atoms with Crippen molar-refractivity contribution in [2.75, 3.05) is 5.32 Å². The maximum atomic E-state index is 14.9. The van der Waals surface area contributed by atoms with Crippen molar-refractivity contribution in [2.24, 2.45) is 5.41 Å². The van der Waals surface area contributed by atoms with Gasteiger partial charge in [-0.25, -0.2) is 0 Å². The summed E-state index contributed by atoms with van der Waals surface area (Å²) in [5.41, 5.74) is 1.46. The zero-order valence-corrected chi connectivity index (χ0v) is 21.8. The molecular formula is C27H28ClF2N3O5. The molecule has 1 atom stereocenters. The molecule has 0 bridgehead atoms. The first-order chi connectivity index (χ1) is 18.0. The zero-order valence-electron chi connectivity index (χ0n) is 21.0. The number of alkyl halides is 2. The van der Waals surface area contributed by atoms with Crippen molar-refractivity contribution in [1.82, 2.24) is 10.3 Å². The summed E-state index contributed by atoms with van der Waals surface area (Å²) in [5.74, 6) is -5.37. The van der Waals surface area contributed by atoms with Crippen LogP contribution in [0.4, 0.5) is 14.5 Å². The fraction of sp³-hybridized carbons (Fsp3) is 0.481. The second kappa shape index (κ2) is 9.80. The highest BCUT2D eigenvalue weighted by atomic mass is 35.5. The van der Waals surface area contributed by atoms with Crippen LogP contribution in [0.1, 0.15) is 86.3 Å². The SMILES string of the molecule is Cc1ccc(NC(=O)C[C@H](CCC(=O)O)c2noc(-c3cc(C(F)(F)C4(C)CC4)on3)c2C2CC2)c(Cl)c1. The number of carbonyl (C=O) groups is 2. The van der Waals surface area contributed by atoms with Gasteiger partial charge >= 0.3 is 11.9 Å². The first kappa shape index (κ1) is 26.3. The molecule has 3 aromatic rings. The highest BCUT2D eigenvalue weighted by Gasteiger charge is 2.61. The molecular weight excluding hydrogens is 520 g/mol. The molecule has 2 fully saturated rings. The first-order valence-corrected chi connectivity index (χ1v) is 13.0. The monoisotopic (exact) mass is 547 g/mol. The summed E-state index contributed by atoms with van der Waals surface area (Å²) in [5, 5.41) is 20.6. The molecule has 1 amide bonds. The molecule has 2 saturated carbocycles. The Labute approximate surface area is 222 Å². The number of amides is 1. The molecule has 0 saturated heterocycles. The maximum absolute atomic E-state index is 14.9. The van der Waals surface area contributed by atoms with Crippen LogP contribution in [0.5, 0.6) is 0 Å². The third-order valence-corrected chi connectivity index (χ3v) is 7.79. The molecule has 2 heterocycles. The molecule has 202 valence electrons. The summed E-state index contributed by atoms with van der Waals surface area (Å²) >= 11 is 6.25. The lowest BCUT2D eigenvalue weighted by Gasteiger charge is -2.19. The molecule has 11 heteroatoms. The fourth-order valence-corrected chi connectivity index (χ4v) is 4.95. The molecule has 8 nitrogen and oxygen atoms in total. The minimum absolute atomic E-state index is 0.0507. The minimum atomic E-state index is -3.17. The largest absolute Gasteiger partial charge is 0.481 e. The van der Waals surface area contributed by atoms with Crippen molar-refractivity contribution in [3.05, 3.63) is 51.9 Å². The number of carboxylic acids is 1. The third-order valence-electron chi connectivity index (χ3n) is 7.48. The molecule has 0 aliphatic heterocycles. The predicted octanol–water partition coefficient (Wildman–Crippen LogP) is 7.04. The molecule has 38 heavy (non-hydrogen) atoms. The summed E-state index contributed by atoms with van der Waals surface area (Å²) in [7, 11) is 0. The van der Waals surface area contributed by atoms with E-state index < -0.39 is 29.0 Å². The molecule has 2 aliphatic carbocycles.